The lowest BCUT2D eigenvalue weighted by Crippen LogP contribution is -2.52. The van der Waals surface area contributed by atoms with Gasteiger partial charge in [0.25, 0.3) is 0 Å². The molecule has 2 aliphatic heterocycles. The molecule has 2 N–H and O–H groups in total. The minimum Gasteiger partial charge on any atom is -0.481 e. The number of pyridine rings is 1. The number of hydrogen-bond donors (Lipinski definition) is 2. The fourth-order valence-corrected chi connectivity index (χ4v) is 6.71. The van der Waals surface area contributed by atoms with Crippen LogP contribution in [0.25, 0.3) is 0 Å². The molecule has 0 unspecified atom stereocenters. The molecule has 198 valence electrons. The van der Waals surface area contributed by atoms with E-state index in [0.29, 0.717) is 44.0 Å². The molecule has 9 nitrogen and oxygen atoms in total. The first-order valence-electron chi connectivity index (χ1n) is 12.9. The van der Waals surface area contributed by atoms with Crippen LogP contribution in [0.3, 0.4) is 0 Å². The molecule has 0 radical (unpaired) electrons. The molecule has 3 aliphatic rings. The van der Waals surface area contributed by atoms with Crippen molar-refractivity contribution in [2.45, 2.75) is 23.2 Å². The van der Waals surface area contributed by atoms with Crippen molar-refractivity contribution in [1.82, 2.24) is 9.88 Å². The molecule has 1 aliphatic carbocycles. The number of nitriles is 2. The maximum Gasteiger partial charge on any atom is 0.224 e. The molecule has 1 saturated carbocycles. The molecule has 2 aromatic carbocycles. The summed E-state index contributed by atoms with van der Waals surface area (Å²) >= 11 is 0. The molecule has 1 aromatic heterocycles. The van der Waals surface area contributed by atoms with Gasteiger partial charge in [0.15, 0.2) is 11.2 Å². The van der Waals surface area contributed by atoms with E-state index in [9.17, 15) is 20.7 Å². The average Bonchev–Trinajstić information content (AvgIpc) is 3.36. The number of rotatable bonds is 5. The Labute approximate surface area is 226 Å². The molecule has 0 spiro atoms. The van der Waals surface area contributed by atoms with Crippen molar-refractivity contribution < 1.29 is 24.4 Å². The van der Waals surface area contributed by atoms with E-state index < -0.39 is 29.1 Å². The van der Waals surface area contributed by atoms with Gasteiger partial charge in [-0.3, -0.25) is 4.90 Å². The number of aliphatic hydroxyl groups excluding tert-OH is 1. The Bertz CT molecular complexity index is 1460. The minimum atomic E-state index is -1.99. The van der Waals surface area contributed by atoms with Crippen molar-refractivity contribution >= 4 is 0 Å². The van der Waals surface area contributed by atoms with Gasteiger partial charge in [-0.2, -0.15) is 10.5 Å². The first-order chi connectivity index (χ1) is 19.0. The maximum absolute atomic E-state index is 12.9. The van der Waals surface area contributed by atoms with Crippen molar-refractivity contribution in [3.8, 4) is 23.8 Å². The second-order valence-corrected chi connectivity index (χ2v) is 10.2. The van der Waals surface area contributed by atoms with E-state index in [-0.39, 0.29) is 22.9 Å². The molecule has 0 amide bonds. The van der Waals surface area contributed by atoms with Crippen LogP contribution in [0.15, 0.2) is 60.7 Å². The van der Waals surface area contributed by atoms with Crippen LogP contribution in [-0.2, 0) is 15.9 Å². The number of ether oxygens (including phenoxy) is 3. The number of morpholine rings is 1. The average molecular weight is 525 g/mol. The van der Waals surface area contributed by atoms with Crippen LogP contribution in [0.1, 0.15) is 33.9 Å². The Hall–Kier alpha value is -3.99. The molecule has 0 bridgehead atoms. The van der Waals surface area contributed by atoms with Crippen LogP contribution in [-0.4, -0.2) is 66.2 Å². The van der Waals surface area contributed by atoms with Gasteiger partial charge < -0.3 is 24.4 Å². The van der Waals surface area contributed by atoms with E-state index in [1.165, 1.54) is 13.2 Å². The third-order valence-corrected chi connectivity index (χ3v) is 8.35. The summed E-state index contributed by atoms with van der Waals surface area (Å²) in [7, 11) is 1.41. The van der Waals surface area contributed by atoms with Crippen LogP contribution in [0.2, 0.25) is 0 Å². The first kappa shape index (κ1) is 25.3. The topological polar surface area (TPSA) is 132 Å². The summed E-state index contributed by atoms with van der Waals surface area (Å²) in [6, 6.07) is 22.2. The van der Waals surface area contributed by atoms with Crippen molar-refractivity contribution in [2.24, 2.45) is 5.92 Å². The van der Waals surface area contributed by atoms with Gasteiger partial charge in [0, 0.05) is 37.5 Å². The Morgan fingerprint density at radius 1 is 1.08 bits per heavy atom. The van der Waals surface area contributed by atoms with E-state index in [0.717, 1.165) is 5.56 Å². The highest BCUT2D eigenvalue weighted by Crippen LogP contribution is 2.69. The number of methoxy groups -OCH3 is 1. The SMILES string of the molecule is COc1nc(C#N)cc2c1[C@]1(O)[C@H](O)[C@H](CN3CCOCC3)[C@@H](c3ccccc3)[C@]1(c1ccc(C#N)cc1)O2. The van der Waals surface area contributed by atoms with Crippen LogP contribution >= 0.6 is 0 Å². The second kappa shape index (κ2) is 9.64. The highest BCUT2D eigenvalue weighted by molar-refractivity contribution is 5.60. The molecular formula is C30H28N4O5. The number of aromatic nitrogens is 1. The third-order valence-electron chi connectivity index (χ3n) is 8.35. The van der Waals surface area contributed by atoms with Crippen LogP contribution in [0.5, 0.6) is 11.6 Å². The van der Waals surface area contributed by atoms with E-state index in [4.69, 9.17) is 14.2 Å². The van der Waals surface area contributed by atoms with Gasteiger partial charge in [-0.05, 0) is 23.3 Å². The van der Waals surface area contributed by atoms with Gasteiger partial charge in [-0.25, -0.2) is 4.98 Å². The van der Waals surface area contributed by atoms with Crippen molar-refractivity contribution in [2.75, 3.05) is 40.0 Å². The number of hydrogen-bond acceptors (Lipinski definition) is 9. The van der Waals surface area contributed by atoms with Crippen molar-refractivity contribution in [1.29, 1.82) is 10.5 Å². The molecule has 2 fully saturated rings. The minimum absolute atomic E-state index is 0.0277. The zero-order chi connectivity index (χ0) is 27.2. The van der Waals surface area contributed by atoms with Crippen molar-refractivity contribution in [3.05, 3.63) is 88.6 Å². The number of benzene rings is 2. The largest absolute Gasteiger partial charge is 0.481 e. The number of aliphatic hydroxyl groups is 2. The third kappa shape index (κ3) is 3.63. The molecule has 9 heteroatoms. The zero-order valence-electron chi connectivity index (χ0n) is 21.4. The zero-order valence-corrected chi connectivity index (χ0v) is 21.4. The molecule has 1 saturated heterocycles. The number of nitrogens with zero attached hydrogens (tertiary/aromatic N) is 4. The summed E-state index contributed by atoms with van der Waals surface area (Å²) in [5.74, 6) is -0.716. The molecule has 39 heavy (non-hydrogen) atoms. The monoisotopic (exact) mass is 524 g/mol. The van der Waals surface area contributed by atoms with Gasteiger partial charge in [0.05, 0.1) is 43.6 Å². The smallest absolute Gasteiger partial charge is 0.224 e. The van der Waals surface area contributed by atoms with Crippen LogP contribution < -0.4 is 9.47 Å². The Morgan fingerprint density at radius 3 is 2.44 bits per heavy atom. The fraction of sp³-hybridized carbons (Fsp3) is 0.367. The Balaban J connectivity index is 1.63. The normalized spacial score (nSPS) is 29.5. The Morgan fingerprint density at radius 2 is 1.79 bits per heavy atom. The number of fused-ring (bicyclic) bond motifs is 3. The lowest BCUT2D eigenvalue weighted by Gasteiger charge is -2.41. The predicted molar refractivity (Wildman–Crippen MR) is 139 cm³/mol. The first-order valence-corrected chi connectivity index (χ1v) is 12.9. The summed E-state index contributed by atoms with van der Waals surface area (Å²) in [6.07, 6.45) is -1.29. The van der Waals surface area contributed by atoms with Gasteiger partial charge in [-0.1, -0.05) is 42.5 Å². The predicted octanol–water partition coefficient (Wildman–Crippen LogP) is 2.42. The second-order valence-electron chi connectivity index (χ2n) is 10.2. The van der Waals surface area contributed by atoms with Crippen LogP contribution in [0.4, 0.5) is 0 Å². The van der Waals surface area contributed by atoms with E-state index in [1.54, 1.807) is 24.3 Å². The van der Waals surface area contributed by atoms with Gasteiger partial charge >= 0.3 is 0 Å². The van der Waals surface area contributed by atoms with Crippen LogP contribution in [0, 0.1) is 28.6 Å². The maximum atomic E-state index is 12.9. The summed E-state index contributed by atoms with van der Waals surface area (Å²) in [5, 5.41) is 44.2. The molecule has 3 aromatic rings. The van der Waals surface area contributed by atoms with E-state index in [2.05, 4.69) is 16.0 Å². The molecular weight excluding hydrogens is 496 g/mol. The fourth-order valence-electron chi connectivity index (χ4n) is 6.71. The van der Waals surface area contributed by atoms with E-state index in [1.807, 2.05) is 36.4 Å². The highest BCUT2D eigenvalue weighted by Gasteiger charge is 2.77. The lowest BCUT2D eigenvalue weighted by molar-refractivity contribution is -0.152. The summed E-state index contributed by atoms with van der Waals surface area (Å²) in [4.78, 5) is 6.54. The highest BCUT2D eigenvalue weighted by atomic mass is 16.5. The summed E-state index contributed by atoms with van der Waals surface area (Å²) < 4.78 is 17.9. The molecule has 6 rings (SSSR count). The Kier molecular flexibility index (Phi) is 6.25. The summed E-state index contributed by atoms with van der Waals surface area (Å²) in [6.45, 7) is 3.10. The molecule has 5 atom stereocenters. The quantitative estimate of drug-likeness (QED) is 0.516. The van der Waals surface area contributed by atoms with Gasteiger partial charge in [0.2, 0.25) is 5.88 Å². The van der Waals surface area contributed by atoms with Gasteiger partial charge in [0.1, 0.15) is 17.5 Å². The standard InChI is InChI=1S/C30H28N4O5/c1-37-28-26-24(15-22(17-32)33-28)39-30(21-9-7-19(16-31)8-10-21)25(20-5-3-2-4-6-20)23(27(35)29(26,30)36)18-34-11-13-38-14-12-34/h2-10,15,23,25,27,35-36H,11-14,18H2,1H3/t23-,25-,27-,29+,30+/m1/s1. The molecule has 3 heterocycles. The summed E-state index contributed by atoms with van der Waals surface area (Å²) in [5.41, 5.74) is -1.27. The van der Waals surface area contributed by atoms with Gasteiger partial charge in [-0.15, -0.1) is 0 Å². The van der Waals surface area contributed by atoms with E-state index >= 15 is 0 Å². The van der Waals surface area contributed by atoms with Crippen molar-refractivity contribution in [3.63, 3.8) is 0 Å². The lowest BCUT2D eigenvalue weighted by atomic mass is 9.70.